The summed E-state index contributed by atoms with van der Waals surface area (Å²) in [6.45, 7) is 0. The van der Waals surface area contributed by atoms with Crippen molar-refractivity contribution >= 4 is 29.1 Å². The van der Waals surface area contributed by atoms with Crippen LogP contribution in [-0.2, 0) is 22.4 Å². The van der Waals surface area contributed by atoms with E-state index in [0.29, 0.717) is 0 Å². The maximum Gasteiger partial charge on any atom is 0.242 e. The summed E-state index contributed by atoms with van der Waals surface area (Å²) in [6, 6.07) is 11.9. The van der Waals surface area contributed by atoms with Gasteiger partial charge in [0.25, 0.3) is 0 Å². The summed E-state index contributed by atoms with van der Waals surface area (Å²) >= 11 is 4.89. The molecule has 0 heterocycles. The molecule has 25 heavy (non-hydrogen) atoms. The van der Waals surface area contributed by atoms with E-state index in [0.717, 1.165) is 23.8 Å². The molecule has 0 saturated heterocycles. The van der Waals surface area contributed by atoms with Gasteiger partial charge in [-0.2, -0.15) is 0 Å². The summed E-state index contributed by atoms with van der Waals surface area (Å²) in [5.74, 6) is -2.44. The molecule has 0 bridgehead atoms. The van der Waals surface area contributed by atoms with E-state index in [9.17, 15) is 18.4 Å². The molecule has 3 N–H and O–H groups in total. The third kappa shape index (κ3) is 6.64. The van der Waals surface area contributed by atoms with Crippen LogP contribution in [0.3, 0.4) is 0 Å². The van der Waals surface area contributed by atoms with Crippen molar-refractivity contribution in [1.29, 1.82) is 0 Å². The van der Waals surface area contributed by atoms with Crippen molar-refractivity contribution in [1.82, 2.24) is 16.2 Å². The largest absolute Gasteiger partial charge is 0.302 e. The summed E-state index contributed by atoms with van der Waals surface area (Å²) < 4.78 is 26.1. The predicted molar refractivity (Wildman–Crippen MR) is 92.2 cm³/mol. The van der Waals surface area contributed by atoms with Crippen molar-refractivity contribution < 1.29 is 18.4 Å². The minimum atomic E-state index is -0.764. The highest BCUT2D eigenvalue weighted by Crippen LogP contribution is 2.08. The lowest BCUT2D eigenvalue weighted by atomic mass is 10.1. The normalized spacial score (nSPS) is 10.0. The van der Waals surface area contributed by atoms with Crippen molar-refractivity contribution in [2.75, 3.05) is 0 Å². The molecule has 5 nitrogen and oxygen atoms in total. The topological polar surface area (TPSA) is 70.2 Å². The second-order valence-electron chi connectivity index (χ2n) is 5.17. The first-order valence-electron chi connectivity index (χ1n) is 7.30. The van der Waals surface area contributed by atoms with E-state index >= 15 is 0 Å². The molecule has 0 spiro atoms. The van der Waals surface area contributed by atoms with Gasteiger partial charge in [-0.25, -0.2) is 8.78 Å². The van der Waals surface area contributed by atoms with Gasteiger partial charge in [0.1, 0.15) is 11.6 Å². The summed E-state index contributed by atoms with van der Waals surface area (Å²) in [5.41, 5.74) is 5.61. The summed E-state index contributed by atoms with van der Waals surface area (Å²) in [5, 5.41) is 2.33. The Morgan fingerprint density at radius 2 is 1.44 bits per heavy atom. The zero-order valence-electron chi connectivity index (χ0n) is 13.0. The van der Waals surface area contributed by atoms with Gasteiger partial charge in [0, 0.05) is 6.07 Å². The molecular formula is C17H15F2N3O2S. The van der Waals surface area contributed by atoms with Gasteiger partial charge < -0.3 is 5.32 Å². The van der Waals surface area contributed by atoms with Gasteiger partial charge in [0.05, 0.1) is 12.8 Å². The maximum atomic E-state index is 13.1. The highest BCUT2D eigenvalue weighted by atomic mass is 32.1. The SMILES string of the molecule is O=C(Cc1cc(F)cc(F)c1)NNC(=S)NC(=O)Cc1ccccc1. The van der Waals surface area contributed by atoms with E-state index in [2.05, 4.69) is 16.2 Å². The van der Waals surface area contributed by atoms with Gasteiger partial charge in [0.15, 0.2) is 5.11 Å². The van der Waals surface area contributed by atoms with Crippen molar-refractivity contribution in [2.45, 2.75) is 12.8 Å². The highest BCUT2D eigenvalue weighted by molar-refractivity contribution is 7.80. The molecule has 0 radical (unpaired) electrons. The van der Waals surface area contributed by atoms with E-state index in [-0.39, 0.29) is 29.4 Å². The number of hydrazine groups is 1. The quantitative estimate of drug-likeness (QED) is 0.572. The van der Waals surface area contributed by atoms with Crippen LogP contribution in [0.4, 0.5) is 8.78 Å². The monoisotopic (exact) mass is 363 g/mol. The van der Waals surface area contributed by atoms with Crippen molar-refractivity contribution in [3.8, 4) is 0 Å². The van der Waals surface area contributed by atoms with Gasteiger partial charge in [-0.05, 0) is 35.5 Å². The van der Waals surface area contributed by atoms with Crippen molar-refractivity contribution in [3.63, 3.8) is 0 Å². The molecule has 0 fully saturated rings. The molecule has 8 heteroatoms. The molecule has 0 atom stereocenters. The smallest absolute Gasteiger partial charge is 0.242 e. The lowest BCUT2D eigenvalue weighted by Gasteiger charge is -2.11. The Bertz CT molecular complexity index is 764. The third-order valence-electron chi connectivity index (χ3n) is 3.06. The number of benzene rings is 2. The first-order chi connectivity index (χ1) is 11.9. The number of hydrogen-bond acceptors (Lipinski definition) is 3. The van der Waals surface area contributed by atoms with Crippen LogP contribution in [0.25, 0.3) is 0 Å². The number of carbonyl (C=O) groups excluding carboxylic acids is 2. The van der Waals surface area contributed by atoms with Gasteiger partial charge in [-0.1, -0.05) is 30.3 Å². The number of rotatable bonds is 4. The van der Waals surface area contributed by atoms with Crippen LogP contribution in [0.5, 0.6) is 0 Å². The van der Waals surface area contributed by atoms with Crippen LogP contribution < -0.4 is 16.2 Å². The van der Waals surface area contributed by atoms with Crippen molar-refractivity contribution in [2.24, 2.45) is 0 Å². The van der Waals surface area contributed by atoms with E-state index in [1.807, 2.05) is 18.2 Å². The Morgan fingerprint density at radius 1 is 0.840 bits per heavy atom. The number of nitrogens with one attached hydrogen (secondary N) is 3. The van der Waals surface area contributed by atoms with Crippen LogP contribution >= 0.6 is 12.2 Å². The standard InChI is InChI=1S/C17H15F2N3O2S/c18-13-6-12(7-14(19)10-13)9-16(24)21-22-17(25)20-15(23)8-11-4-2-1-3-5-11/h1-7,10H,8-9H2,(H,21,24)(H2,20,22,23,25). The molecule has 2 amide bonds. The van der Waals surface area contributed by atoms with Gasteiger partial charge in [-0.3, -0.25) is 20.4 Å². The Balaban J connectivity index is 1.75. The second-order valence-corrected chi connectivity index (χ2v) is 5.58. The highest BCUT2D eigenvalue weighted by Gasteiger charge is 2.09. The molecule has 2 rings (SSSR count). The lowest BCUT2D eigenvalue weighted by Crippen LogP contribution is -2.49. The van der Waals surface area contributed by atoms with Crippen molar-refractivity contribution in [3.05, 3.63) is 71.3 Å². The van der Waals surface area contributed by atoms with E-state index in [4.69, 9.17) is 12.2 Å². The van der Waals surface area contributed by atoms with Gasteiger partial charge >= 0.3 is 0 Å². The zero-order chi connectivity index (χ0) is 18.2. The first kappa shape index (κ1) is 18.5. The predicted octanol–water partition coefficient (Wildman–Crippen LogP) is 1.77. The number of amides is 2. The molecule has 0 aliphatic carbocycles. The summed E-state index contributed by atoms with van der Waals surface area (Å²) in [4.78, 5) is 23.5. The Hall–Kier alpha value is -2.87. The Labute approximate surface area is 148 Å². The molecule has 2 aromatic rings. The fourth-order valence-corrected chi connectivity index (χ4v) is 2.22. The average molecular weight is 363 g/mol. The molecule has 0 aliphatic rings. The van der Waals surface area contributed by atoms with Gasteiger partial charge in [0.2, 0.25) is 11.8 Å². The molecule has 2 aromatic carbocycles. The molecule has 0 unspecified atom stereocenters. The summed E-state index contributed by atoms with van der Waals surface area (Å²) in [6.07, 6.45) is -0.110. The van der Waals surface area contributed by atoms with E-state index in [1.54, 1.807) is 12.1 Å². The molecule has 0 aromatic heterocycles. The molecule has 130 valence electrons. The molecule has 0 saturated carbocycles. The van der Waals surface area contributed by atoms with Gasteiger partial charge in [-0.15, -0.1) is 0 Å². The third-order valence-corrected chi connectivity index (χ3v) is 3.27. The van der Waals surface area contributed by atoms with Crippen LogP contribution in [-0.4, -0.2) is 16.9 Å². The fraction of sp³-hybridized carbons (Fsp3) is 0.118. The maximum absolute atomic E-state index is 13.1. The number of halogens is 2. The first-order valence-corrected chi connectivity index (χ1v) is 7.71. The minimum absolute atomic E-state index is 0.0836. The van der Waals surface area contributed by atoms with Crippen LogP contribution in [0.2, 0.25) is 0 Å². The molecule has 0 aliphatic heterocycles. The van der Waals surface area contributed by atoms with E-state index < -0.39 is 17.5 Å². The van der Waals surface area contributed by atoms with Crippen LogP contribution in [0.15, 0.2) is 48.5 Å². The average Bonchev–Trinajstić information content (AvgIpc) is 2.52. The zero-order valence-corrected chi connectivity index (χ0v) is 13.8. The summed E-state index contributed by atoms with van der Waals surface area (Å²) in [7, 11) is 0. The Morgan fingerprint density at radius 3 is 2.08 bits per heavy atom. The van der Waals surface area contributed by atoms with E-state index in [1.165, 1.54) is 0 Å². The fourth-order valence-electron chi connectivity index (χ4n) is 2.05. The minimum Gasteiger partial charge on any atom is -0.302 e. The number of thiocarbonyl (C=S) groups is 1. The Kier molecular flexibility index (Phi) is 6.53. The lowest BCUT2D eigenvalue weighted by molar-refractivity contribution is -0.121. The second kappa shape index (κ2) is 8.84. The van der Waals surface area contributed by atoms with Crippen LogP contribution in [0.1, 0.15) is 11.1 Å². The van der Waals surface area contributed by atoms with Crippen LogP contribution in [0, 0.1) is 11.6 Å². The number of hydrogen-bond donors (Lipinski definition) is 3. The number of carbonyl (C=O) groups is 2. The molecular weight excluding hydrogens is 348 g/mol.